The van der Waals surface area contributed by atoms with Crippen LogP contribution in [0.15, 0.2) is 18.2 Å². The molecule has 0 saturated carbocycles. The number of hydrogen-bond acceptors (Lipinski definition) is 4. The molecular formula is C16H23NO4. The second-order valence-electron chi connectivity index (χ2n) is 5.54. The molecule has 0 atom stereocenters. The summed E-state index contributed by atoms with van der Waals surface area (Å²) in [7, 11) is 0. The minimum absolute atomic E-state index is 0.155. The molecule has 0 saturated heterocycles. The highest BCUT2D eigenvalue weighted by molar-refractivity contribution is 5.66. The number of ether oxygens (including phenoxy) is 2. The van der Waals surface area contributed by atoms with Crippen molar-refractivity contribution in [3.8, 4) is 11.5 Å². The topological polar surface area (TPSA) is 59.0 Å². The van der Waals surface area contributed by atoms with Gasteiger partial charge in [-0.1, -0.05) is 6.07 Å². The van der Waals surface area contributed by atoms with Crippen LogP contribution < -0.4 is 9.47 Å². The lowest BCUT2D eigenvalue weighted by molar-refractivity contribution is -0.137. The van der Waals surface area contributed by atoms with Gasteiger partial charge in [-0.3, -0.25) is 9.69 Å². The normalized spacial score (nSPS) is 14.3. The molecule has 2 rings (SSSR count). The van der Waals surface area contributed by atoms with E-state index in [9.17, 15) is 4.79 Å². The Bertz CT molecular complexity index is 487. The first-order chi connectivity index (χ1) is 10.1. The first kappa shape index (κ1) is 15.6. The van der Waals surface area contributed by atoms with Crippen LogP contribution in [0.5, 0.6) is 11.5 Å². The maximum Gasteiger partial charge on any atom is 0.304 e. The molecule has 5 heteroatoms. The van der Waals surface area contributed by atoms with E-state index < -0.39 is 5.97 Å². The number of fused-ring (bicyclic) bond motifs is 1. The van der Waals surface area contributed by atoms with Crippen molar-refractivity contribution in [1.82, 2.24) is 4.90 Å². The number of benzene rings is 1. The summed E-state index contributed by atoms with van der Waals surface area (Å²) in [6, 6.07) is 6.24. The first-order valence-corrected chi connectivity index (χ1v) is 7.40. The molecule has 1 aromatic carbocycles. The fourth-order valence-corrected chi connectivity index (χ4v) is 2.30. The van der Waals surface area contributed by atoms with Crippen LogP contribution >= 0.6 is 0 Å². The van der Waals surface area contributed by atoms with Crippen LogP contribution in [0.2, 0.25) is 0 Å². The maximum absolute atomic E-state index is 10.7. The molecule has 0 unspecified atom stereocenters. The minimum atomic E-state index is -0.765. The van der Waals surface area contributed by atoms with Gasteiger partial charge in [-0.15, -0.1) is 0 Å². The van der Waals surface area contributed by atoms with Crippen LogP contribution in [-0.2, 0) is 11.3 Å². The molecule has 0 fully saturated rings. The Morgan fingerprint density at radius 3 is 2.67 bits per heavy atom. The van der Waals surface area contributed by atoms with Crippen molar-refractivity contribution in [3.05, 3.63) is 23.8 Å². The monoisotopic (exact) mass is 293 g/mol. The average Bonchev–Trinajstić information content (AvgIpc) is 2.67. The second-order valence-corrected chi connectivity index (χ2v) is 5.54. The summed E-state index contributed by atoms with van der Waals surface area (Å²) in [5, 5.41) is 8.84. The van der Waals surface area contributed by atoms with Gasteiger partial charge in [0.2, 0.25) is 0 Å². The number of nitrogens with zero attached hydrogens (tertiary/aromatic N) is 1. The Balaban J connectivity index is 2.06. The van der Waals surface area contributed by atoms with Crippen molar-refractivity contribution < 1.29 is 19.4 Å². The summed E-state index contributed by atoms with van der Waals surface area (Å²) in [6.07, 6.45) is 1.05. The Kier molecular flexibility index (Phi) is 5.44. The highest BCUT2D eigenvalue weighted by Gasteiger charge is 2.15. The van der Waals surface area contributed by atoms with Crippen LogP contribution in [-0.4, -0.2) is 41.8 Å². The van der Waals surface area contributed by atoms with Crippen LogP contribution in [0, 0.1) is 0 Å². The number of carbonyl (C=O) groups is 1. The first-order valence-electron chi connectivity index (χ1n) is 7.40. The summed E-state index contributed by atoms with van der Waals surface area (Å²) in [4.78, 5) is 12.9. The van der Waals surface area contributed by atoms with Crippen molar-refractivity contribution in [1.29, 1.82) is 0 Å². The van der Waals surface area contributed by atoms with Gasteiger partial charge in [-0.05, 0) is 31.5 Å². The fraction of sp³-hybridized carbons (Fsp3) is 0.562. The summed E-state index contributed by atoms with van der Waals surface area (Å²) in [5.74, 6) is 0.809. The van der Waals surface area contributed by atoms with Gasteiger partial charge in [0.15, 0.2) is 11.5 Å². The molecule has 1 heterocycles. The molecular weight excluding hydrogens is 270 g/mol. The fourth-order valence-electron chi connectivity index (χ4n) is 2.30. The van der Waals surface area contributed by atoms with Gasteiger partial charge in [0.05, 0.1) is 19.6 Å². The molecule has 1 aromatic rings. The molecule has 0 spiro atoms. The Morgan fingerprint density at radius 1 is 1.29 bits per heavy atom. The average molecular weight is 293 g/mol. The van der Waals surface area contributed by atoms with Crippen LogP contribution in [0.25, 0.3) is 0 Å². The SMILES string of the molecule is CC(C)N(CCC(=O)O)Cc1ccc2c(c1)OCCCO2. The number of rotatable bonds is 6. The van der Waals surface area contributed by atoms with Gasteiger partial charge in [0, 0.05) is 25.6 Å². The van der Waals surface area contributed by atoms with Gasteiger partial charge in [0.25, 0.3) is 0 Å². The van der Waals surface area contributed by atoms with E-state index in [1.807, 2.05) is 18.2 Å². The lowest BCUT2D eigenvalue weighted by Crippen LogP contribution is -2.32. The largest absolute Gasteiger partial charge is 0.490 e. The van der Waals surface area contributed by atoms with Crippen molar-refractivity contribution in [2.45, 2.75) is 39.3 Å². The third kappa shape index (κ3) is 4.63. The zero-order valence-corrected chi connectivity index (χ0v) is 12.7. The smallest absolute Gasteiger partial charge is 0.304 e. The zero-order chi connectivity index (χ0) is 15.2. The van der Waals surface area contributed by atoms with Crippen LogP contribution in [0.1, 0.15) is 32.3 Å². The van der Waals surface area contributed by atoms with Gasteiger partial charge < -0.3 is 14.6 Å². The highest BCUT2D eigenvalue weighted by atomic mass is 16.5. The zero-order valence-electron chi connectivity index (χ0n) is 12.7. The van der Waals surface area contributed by atoms with Crippen LogP contribution in [0.3, 0.4) is 0 Å². The molecule has 1 N–H and O–H groups in total. The molecule has 0 aromatic heterocycles. The summed E-state index contributed by atoms with van der Waals surface area (Å²) in [5.41, 5.74) is 1.11. The lowest BCUT2D eigenvalue weighted by atomic mass is 10.1. The highest BCUT2D eigenvalue weighted by Crippen LogP contribution is 2.30. The predicted octanol–water partition coefficient (Wildman–Crippen LogP) is 2.53. The maximum atomic E-state index is 10.7. The standard InChI is InChI=1S/C16H23NO4/c1-12(2)17(7-6-16(18)19)11-13-4-5-14-15(10-13)21-9-3-8-20-14/h4-5,10,12H,3,6-9,11H2,1-2H3,(H,18,19). The molecule has 0 bridgehead atoms. The molecule has 21 heavy (non-hydrogen) atoms. The molecule has 1 aliphatic rings. The molecule has 0 radical (unpaired) electrons. The van der Waals surface area contributed by atoms with E-state index in [0.29, 0.717) is 32.3 Å². The minimum Gasteiger partial charge on any atom is -0.490 e. The Labute approximate surface area is 125 Å². The van der Waals surface area contributed by atoms with Crippen molar-refractivity contribution in [3.63, 3.8) is 0 Å². The third-order valence-corrected chi connectivity index (χ3v) is 3.54. The molecule has 0 aliphatic carbocycles. The molecule has 116 valence electrons. The van der Waals surface area contributed by atoms with Crippen molar-refractivity contribution in [2.75, 3.05) is 19.8 Å². The quantitative estimate of drug-likeness (QED) is 0.873. The number of hydrogen-bond donors (Lipinski definition) is 1. The van der Waals surface area contributed by atoms with E-state index in [0.717, 1.165) is 23.5 Å². The van der Waals surface area contributed by atoms with Crippen molar-refractivity contribution >= 4 is 5.97 Å². The predicted molar refractivity (Wildman–Crippen MR) is 79.8 cm³/mol. The molecule has 0 amide bonds. The second kappa shape index (κ2) is 7.31. The third-order valence-electron chi connectivity index (χ3n) is 3.54. The van der Waals surface area contributed by atoms with E-state index in [-0.39, 0.29) is 6.42 Å². The van der Waals surface area contributed by atoms with Gasteiger partial charge in [-0.2, -0.15) is 0 Å². The van der Waals surface area contributed by atoms with E-state index in [1.165, 1.54) is 0 Å². The van der Waals surface area contributed by atoms with Crippen LogP contribution in [0.4, 0.5) is 0 Å². The molecule has 1 aliphatic heterocycles. The summed E-state index contributed by atoms with van der Waals surface area (Å²) < 4.78 is 11.3. The number of carboxylic acids is 1. The van der Waals surface area contributed by atoms with E-state index >= 15 is 0 Å². The van der Waals surface area contributed by atoms with Gasteiger partial charge in [-0.25, -0.2) is 0 Å². The van der Waals surface area contributed by atoms with Crippen molar-refractivity contribution in [2.24, 2.45) is 0 Å². The summed E-state index contributed by atoms with van der Waals surface area (Å²) >= 11 is 0. The van der Waals surface area contributed by atoms with Gasteiger partial charge >= 0.3 is 5.97 Å². The molecule has 5 nitrogen and oxygen atoms in total. The van der Waals surface area contributed by atoms with E-state index in [4.69, 9.17) is 14.6 Å². The summed E-state index contributed by atoms with van der Waals surface area (Å²) in [6.45, 7) is 6.76. The lowest BCUT2D eigenvalue weighted by Gasteiger charge is -2.26. The van der Waals surface area contributed by atoms with Gasteiger partial charge in [0.1, 0.15) is 0 Å². The Hall–Kier alpha value is -1.75. The number of carboxylic acid groups (broad SMARTS) is 1. The van der Waals surface area contributed by atoms with E-state index in [1.54, 1.807) is 0 Å². The van der Waals surface area contributed by atoms with E-state index in [2.05, 4.69) is 18.7 Å². The Morgan fingerprint density at radius 2 is 2.00 bits per heavy atom. The number of aliphatic carboxylic acids is 1.